The number of halogens is 1. The Morgan fingerprint density at radius 3 is 2.30 bits per heavy atom. The van der Waals surface area contributed by atoms with Gasteiger partial charge < -0.3 is 10.2 Å². The molecule has 3 aromatic rings. The number of carbonyl (C=O) groups is 2. The van der Waals surface area contributed by atoms with Gasteiger partial charge in [0.2, 0.25) is 5.91 Å². The molecule has 2 amide bonds. The first-order chi connectivity index (χ1) is 13.0. The van der Waals surface area contributed by atoms with Crippen molar-refractivity contribution in [3.63, 3.8) is 0 Å². The van der Waals surface area contributed by atoms with Gasteiger partial charge in [-0.3, -0.25) is 9.59 Å². The quantitative estimate of drug-likeness (QED) is 0.678. The van der Waals surface area contributed by atoms with Crippen LogP contribution in [0.1, 0.15) is 10.4 Å². The van der Waals surface area contributed by atoms with Gasteiger partial charge >= 0.3 is 0 Å². The molecule has 1 aromatic heterocycles. The van der Waals surface area contributed by atoms with E-state index in [0.717, 1.165) is 10.0 Å². The van der Waals surface area contributed by atoms with Crippen LogP contribution >= 0.6 is 15.9 Å². The van der Waals surface area contributed by atoms with E-state index in [1.807, 2.05) is 48.5 Å². The van der Waals surface area contributed by atoms with E-state index >= 15 is 0 Å². The Labute approximate surface area is 165 Å². The molecule has 1 heterocycles. The zero-order valence-corrected chi connectivity index (χ0v) is 16.2. The highest BCUT2D eigenvalue weighted by Gasteiger charge is 2.16. The monoisotopic (exact) mass is 424 g/mol. The van der Waals surface area contributed by atoms with E-state index in [1.54, 1.807) is 13.1 Å². The van der Waals surface area contributed by atoms with Gasteiger partial charge in [-0.05, 0) is 28.1 Å². The summed E-state index contributed by atoms with van der Waals surface area (Å²) in [5, 5.41) is 2.77. The zero-order valence-electron chi connectivity index (χ0n) is 14.6. The summed E-state index contributed by atoms with van der Waals surface area (Å²) in [6.07, 6.45) is 2.94. The number of nitrogens with one attached hydrogen (secondary N) is 1. The average Bonchev–Trinajstić information content (AvgIpc) is 2.70. The van der Waals surface area contributed by atoms with Crippen molar-refractivity contribution in [1.82, 2.24) is 14.9 Å². The molecule has 0 spiro atoms. The minimum atomic E-state index is -0.322. The summed E-state index contributed by atoms with van der Waals surface area (Å²) >= 11 is 3.37. The van der Waals surface area contributed by atoms with Gasteiger partial charge in [-0.15, -0.1) is 0 Å². The zero-order chi connectivity index (χ0) is 19.2. The van der Waals surface area contributed by atoms with Gasteiger partial charge in [0.25, 0.3) is 5.91 Å². The van der Waals surface area contributed by atoms with Gasteiger partial charge in [0.1, 0.15) is 0 Å². The molecule has 2 aromatic carbocycles. The molecule has 0 radical (unpaired) electrons. The lowest BCUT2D eigenvalue weighted by Gasteiger charge is -2.17. The summed E-state index contributed by atoms with van der Waals surface area (Å²) in [5.41, 5.74) is 1.85. The van der Waals surface area contributed by atoms with E-state index in [-0.39, 0.29) is 18.4 Å². The van der Waals surface area contributed by atoms with Crippen LogP contribution in [0, 0.1) is 0 Å². The molecule has 0 unspecified atom stereocenters. The van der Waals surface area contributed by atoms with Crippen LogP contribution in [0.2, 0.25) is 0 Å². The molecule has 0 atom stereocenters. The fourth-order valence-electron chi connectivity index (χ4n) is 2.43. The van der Waals surface area contributed by atoms with E-state index in [2.05, 4.69) is 31.2 Å². The summed E-state index contributed by atoms with van der Waals surface area (Å²) in [4.78, 5) is 34.5. The second-order valence-corrected chi connectivity index (χ2v) is 6.70. The second kappa shape index (κ2) is 8.55. The molecule has 0 aliphatic carbocycles. The number of hydrogen-bond acceptors (Lipinski definition) is 4. The van der Waals surface area contributed by atoms with Crippen LogP contribution < -0.4 is 5.32 Å². The normalized spacial score (nSPS) is 10.3. The second-order valence-electron chi connectivity index (χ2n) is 5.85. The van der Waals surface area contributed by atoms with Gasteiger partial charge in [-0.25, -0.2) is 9.97 Å². The van der Waals surface area contributed by atoms with Gasteiger partial charge in [-0.1, -0.05) is 42.5 Å². The van der Waals surface area contributed by atoms with Crippen LogP contribution in [-0.4, -0.2) is 40.3 Å². The minimum absolute atomic E-state index is 0.0827. The Morgan fingerprint density at radius 2 is 1.63 bits per heavy atom. The number of likely N-dealkylation sites (N-methyl/N-ethyl adjacent to an activating group) is 1. The van der Waals surface area contributed by atoms with Gasteiger partial charge in [0, 0.05) is 29.5 Å². The molecular weight excluding hydrogens is 408 g/mol. The molecule has 136 valence electrons. The van der Waals surface area contributed by atoms with Gasteiger partial charge in [0.05, 0.1) is 17.8 Å². The van der Waals surface area contributed by atoms with E-state index in [1.165, 1.54) is 17.3 Å². The van der Waals surface area contributed by atoms with Crippen LogP contribution in [0.15, 0.2) is 71.5 Å². The molecule has 0 fully saturated rings. The van der Waals surface area contributed by atoms with Crippen LogP contribution in [0.25, 0.3) is 11.4 Å². The van der Waals surface area contributed by atoms with Crippen LogP contribution in [0.5, 0.6) is 0 Å². The van der Waals surface area contributed by atoms with E-state index in [0.29, 0.717) is 17.1 Å². The minimum Gasteiger partial charge on any atom is -0.332 e. The highest BCUT2D eigenvalue weighted by Crippen LogP contribution is 2.21. The largest absolute Gasteiger partial charge is 0.332 e. The lowest BCUT2D eigenvalue weighted by Crippen LogP contribution is -2.35. The predicted octanol–water partition coefficient (Wildman–Crippen LogP) is 3.62. The first kappa shape index (κ1) is 18.7. The highest BCUT2D eigenvalue weighted by atomic mass is 79.9. The van der Waals surface area contributed by atoms with E-state index in [9.17, 15) is 9.59 Å². The van der Waals surface area contributed by atoms with Crippen molar-refractivity contribution in [2.24, 2.45) is 0 Å². The lowest BCUT2D eigenvalue weighted by molar-refractivity contribution is -0.116. The van der Waals surface area contributed by atoms with Crippen molar-refractivity contribution in [1.29, 1.82) is 0 Å². The number of aromatic nitrogens is 2. The summed E-state index contributed by atoms with van der Waals surface area (Å²) < 4.78 is 0.775. The maximum atomic E-state index is 12.5. The number of hydrogen-bond donors (Lipinski definition) is 1. The Bertz CT molecular complexity index is 946. The standard InChI is InChI=1S/C20H17BrN4O2/c1-25(13-18(26)24-17-10-6-5-9-16(17)21)20(27)15-11-22-19(23-12-15)14-7-3-2-4-8-14/h2-12H,13H2,1H3,(H,24,26). The number of nitrogens with zero attached hydrogens (tertiary/aromatic N) is 3. The molecule has 7 heteroatoms. The fourth-order valence-corrected chi connectivity index (χ4v) is 2.82. The Kier molecular flexibility index (Phi) is 5.93. The molecule has 0 saturated carbocycles. The Morgan fingerprint density at radius 1 is 1.00 bits per heavy atom. The smallest absolute Gasteiger partial charge is 0.257 e. The maximum absolute atomic E-state index is 12.5. The number of carbonyl (C=O) groups excluding carboxylic acids is 2. The number of anilines is 1. The molecule has 27 heavy (non-hydrogen) atoms. The average molecular weight is 425 g/mol. The number of amides is 2. The van der Waals surface area contributed by atoms with Crippen molar-refractivity contribution in [2.45, 2.75) is 0 Å². The Balaban J connectivity index is 1.63. The van der Waals surface area contributed by atoms with Gasteiger partial charge in [0.15, 0.2) is 5.82 Å². The molecule has 6 nitrogen and oxygen atoms in total. The van der Waals surface area contributed by atoms with Crippen molar-refractivity contribution in [3.8, 4) is 11.4 Å². The third kappa shape index (κ3) is 4.77. The Hall–Kier alpha value is -3.06. The number of rotatable bonds is 5. The predicted molar refractivity (Wildman–Crippen MR) is 107 cm³/mol. The molecule has 0 saturated heterocycles. The van der Waals surface area contributed by atoms with Crippen molar-refractivity contribution < 1.29 is 9.59 Å². The third-order valence-electron chi connectivity index (χ3n) is 3.81. The molecule has 1 N–H and O–H groups in total. The van der Waals surface area contributed by atoms with Gasteiger partial charge in [-0.2, -0.15) is 0 Å². The summed E-state index contributed by atoms with van der Waals surface area (Å²) in [5.74, 6) is -0.0714. The summed E-state index contributed by atoms with van der Waals surface area (Å²) in [6, 6.07) is 16.8. The maximum Gasteiger partial charge on any atom is 0.257 e. The summed E-state index contributed by atoms with van der Waals surface area (Å²) in [7, 11) is 1.56. The van der Waals surface area contributed by atoms with Crippen LogP contribution in [-0.2, 0) is 4.79 Å². The van der Waals surface area contributed by atoms with E-state index in [4.69, 9.17) is 0 Å². The van der Waals surface area contributed by atoms with Crippen LogP contribution in [0.4, 0.5) is 5.69 Å². The van der Waals surface area contributed by atoms with Crippen molar-refractivity contribution in [3.05, 3.63) is 77.0 Å². The molecule has 0 bridgehead atoms. The topological polar surface area (TPSA) is 75.2 Å². The molecule has 0 aliphatic heterocycles. The van der Waals surface area contributed by atoms with Crippen LogP contribution in [0.3, 0.4) is 0 Å². The van der Waals surface area contributed by atoms with Crippen molar-refractivity contribution in [2.75, 3.05) is 18.9 Å². The molecule has 0 aliphatic rings. The molecule has 3 rings (SSSR count). The van der Waals surface area contributed by atoms with E-state index < -0.39 is 0 Å². The first-order valence-electron chi connectivity index (χ1n) is 8.22. The number of para-hydroxylation sites is 1. The highest BCUT2D eigenvalue weighted by molar-refractivity contribution is 9.10. The third-order valence-corrected chi connectivity index (χ3v) is 4.50. The number of benzene rings is 2. The first-order valence-corrected chi connectivity index (χ1v) is 9.01. The fraction of sp³-hybridized carbons (Fsp3) is 0.100. The van der Waals surface area contributed by atoms with Crippen molar-refractivity contribution >= 4 is 33.4 Å². The molecular formula is C20H17BrN4O2. The summed E-state index contributed by atoms with van der Waals surface area (Å²) in [6.45, 7) is -0.0827. The SMILES string of the molecule is CN(CC(=O)Nc1ccccc1Br)C(=O)c1cnc(-c2ccccc2)nc1. The lowest BCUT2D eigenvalue weighted by atomic mass is 10.2.